The summed E-state index contributed by atoms with van der Waals surface area (Å²) in [6.07, 6.45) is 3.43. The molecular weight excluding hydrogens is 234 g/mol. The molecule has 2 aromatic rings. The molecule has 0 amide bonds. The lowest BCUT2D eigenvalue weighted by Crippen LogP contribution is -2.30. The number of amidine groups is 1. The Bertz CT molecular complexity index is 641. The average Bonchev–Trinajstić information content (AvgIpc) is 2.76. The standard InChI is InChI=1S/C11H13N5O2/c1-15-6-4-8(13-15)7-16-5-2-3-9(11(16)17)10(12)14-18/h2-6,18H,7H2,1H3,(H2,12,14). The molecule has 0 aliphatic rings. The fraction of sp³-hybridized carbons (Fsp3) is 0.182. The molecule has 0 saturated heterocycles. The zero-order valence-electron chi connectivity index (χ0n) is 9.82. The summed E-state index contributed by atoms with van der Waals surface area (Å²) in [5.74, 6) is -0.199. The summed E-state index contributed by atoms with van der Waals surface area (Å²) < 4.78 is 3.11. The Hall–Kier alpha value is -2.57. The van der Waals surface area contributed by atoms with Gasteiger partial charge in [-0.2, -0.15) is 5.10 Å². The van der Waals surface area contributed by atoms with Gasteiger partial charge in [0.15, 0.2) is 5.84 Å². The highest BCUT2D eigenvalue weighted by Crippen LogP contribution is 1.98. The van der Waals surface area contributed by atoms with Crippen LogP contribution in [0.3, 0.4) is 0 Å². The summed E-state index contributed by atoms with van der Waals surface area (Å²) in [4.78, 5) is 12.0. The van der Waals surface area contributed by atoms with Gasteiger partial charge in [-0.25, -0.2) is 0 Å². The summed E-state index contributed by atoms with van der Waals surface area (Å²) in [6, 6.07) is 4.99. The highest BCUT2D eigenvalue weighted by molar-refractivity contribution is 5.96. The number of nitrogens with two attached hydrogens (primary N) is 1. The molecule has 2 heterocycles. The Balaban J connectivity index is 2.38. The SMILES string of the molecule is Cn1ccc(Cn2cccc(/C(N)=N/O)c2=O)n1. The second-order valence-electron chi connectivity index (χ2n) is 3.82. The van der Waals surface area contributed by atoms with Gasteiger partial charge in [-0.3, -0.25) is 9.48 Å². The maximum Gasteiger partial charge on any atom is 0.262 e. The molecule has 0 fully saturated rings. The van der Waals surface area contributed by atoms with Crippen molar-refractivity contribution in [3.63, 3.8) is 0 Å². The van der Waals surface area contributed by atoms with E-state index >= 15 is 0 Å². The van der Waals surface area contributed by atoms with Crippen LogP contribution >= 0.6 is 0 Å². The Morgan fingerprint density at radius 2 is 2.28 bits per heavy atom. The van der Waals surface area contributed by atoms with Crippen molar-refractivity contribution >= 4 is 5.84 Å². The molecule has 2 rings (SSSR count). The summed E-state index contributed by atoms with van der Waals surface area (Å²) in [5, 5.41) is 15.6. The number of aromatic nitrogens is 3. The van der Waals surface area contributed by atoms with Gasteiger partial charge in [-0.15, -0.1) is 0 Å². The predicted molar refractivity (Wildman–Crippen MR) is 65.5 cm³/mol. The van der Waals surface area contributed by atoms with Crippen molar-refractivity contribution in [3.8, 4) is 0 Å². The van der Waals surface area contributed by atoms with Crippen molar-refractivity contribution in [1.29, 1.82) is 0 Å². The van der Waals surface area contributed by atoms with Gasteiger partial charge in [0.05, 0.1) is 17.8 Å². The number of nitrogens with zero attached hydrogens (tertiary/aromatic N) is 4. The van der Waals surface area contributed by atoms with E-state index in [4.69, 9.17) is 10.9 Å². The molecule has 0 saturated carbocycles. The van der Waals surface area contributed by atoms with Crippen molar-refractivity contribution in [2.75, 3.05) is 0 Å². The number of oxime groups is 1. The van der Waals surface area contributed by atoms with Crippen LogP contribution in [-0.2, 0) is 13.6 Å². The van der Waals surface area contributed by atoms with Crippen molar-refractivity contribution in [2.24, 2.45) is 17.9 Å². The van der Waals surface area contributed by atoms with Gasteiger partial charge < -0.3 is 15.5 Å². The molecule has 0 aliphatic carbocycles. The molecule has 3 N–H and O–H groups in total. The highest BCUT2D eigenvalue weighted by Gasteiger charge is 2.08. The lowest BCUT2D eigenvalue weighted by atomic mass is 10.2. The van der Waals surface area contributed by atoms with Crippen molar-refractivity contribution in [2.45, 2.75) is 6.54 Å². The van der Waals surface area contributed by atoms with Gasteiger partial charge in [0.25, 0.3) is 5.56 Å². The van der Waals surface area contributed by atoms with Crippen LogP contribution in [0.15, 0.2) is 40.5 Å². The van der Waals surface area contributed by atoms with Crippen molar-refractivity contribution in [1.82, 2.24) is 14.3 Å². The number of hydrogen-bond donors (Lipinski definition) is 2. The van der Waals surface area contributed by atoms with Crippen molar-refractivity contribution in [3.05, 3.63) is 52.2 Å². The Kier molecular flexibility index (Phi) is 3.13. The maximum atomic E-state index is 12.0. The van der Waals surface area contributed by atoms with Gasteiger partial charge in [-0.1, -0.05) is 5.16 Å². The van der Waals surface area contributed by atoms with Gasteiger partial charge in [0, 0.05) is 19.4 Å². The lowest BCUT2D eigenvalue weighted by molar-refractivity contribution is 0.318. The van der Waals surface area contributed by atoms with Crippen molar-refractivity contribution < 1.29 is 5.21 Å². The fourth-order valence-corrected chi connectivity index (χ4v) is 1.63. The largest absolute Gasteiger partial charge is 0.409 e. The van der Waals surface area contributed by atoms with E-state index in [9.17, 15) is 4.79 Å². The van der Waals surface area contributed by atoms with Crippen LogP contribution in [0.4, 0.5) is 0 Å². The summed E-state index contributed by atoms with van der Waals surface area (Å²) in [6.45, 7) is 0.340. The summed E-state index contributed by atoms with van der Waals surface area (Å²) >= 11 is 0. The van der Waals surface area contributed by atoms with Gasteiger partial charge in [-0.05, 0) is 18.2 Å². The van der Waals surface area contributed by atoms with Crippen LogP contribution in [0, 0.1) is 0 Å². The smallest absolute Gasteiger partial charge is 0.262 e. The number of pyridine rings is 1. The van der Waals surface area contributed by atoms with Crippen LogP contribution < -0.4 is 11.3 Å². The third kappa shape index (κ3) is 2.24. The molecule has 0 bridgehead atoms. The minimum Gasteiger partial charge on any atom is -0.409 e. The third-order valence-electron chi connectivity index (χ3n) is 2.51. The summed E-state index contributed by atoms with van der Waals surface area (Å²) in [5.41, 5.74) is 6.03. The van der Waals surface area contributed by atoms with Gasteiger partial charge in [0.1, 0.15) is 0 Å². The normalized spacial score (nSPS) is 11.7. The molecular formula is C11H13N5O2. The van der Waals surface area contributed by atoms with E-state index in [1.54, 1.807) is 30.2 Å². The first-order valence-electron chi connectivity index (χ1n) is 5.27. The summed E-state index contributed by atoms with van der Waals surface area (Å²) in [7, 11) is 1.80. The Labute approximate surface area is 103 Å². The van der Waals surface area contributed by atoms with E-state index < -0.39 is 0 Å². The topological polar surface area (TPSA) is 98.4 Å². The zero-order valence-corrected chi connectivity index (χ0v) is 9.82. The molecule has 0 atom stereocenters. The van der Waals surface area contributed by atoms with Gasteiger partial charge in [0.2, 0.25) is 0 Å². The van der Waals surface area contributed by atoms with E-state index in [2.05, 4.69) is 10.3 Å². The van der Waals surface area contributed by atoms with Crippen LogP contribution in [0.1, 0.15) is 11.3 Å². The van der Waals surface area contributed by atoms with Crippen LogP contribution in [-0.4, -0.2) is 25.4 Å². The molecule has 7 heteroatoms. The lowest BCUT2D eigenvalue weighted by Gasteiger charge is -2.05. The van der Waals surface area contributed by atoms with Gasteiger partial charge >= 0.3 is 0 Å². The molecule has 0 unspecified atom stereocenters. The average molecular weight is 247 g/mol. The fourth-order valence-electron chi connectivity index (χ4n) is 1.63. The predicted octanol–water partition coefficient (Wildman–Crippen LogP) is -0.275. The molecule has 2 aromatic heterocycles. The second kappa shape index (κ2) is 4.74. The number of aryl methyl sites for hydroxylation is 1. The molecule has 0 aromatic carbocycles. The first-order chi connectivity index (χ1) is 8.61. The monoisotopic (exact) mass is 247 g/mol. The van der Waals surface area contributed by atoms with Crippen LogP contribution in [0.5, 0.6) is 0 Å². The number of rotatable bonds is 3. The first-order valence-corrected chi connectivity index (χ1v) is 5.27. The first kappa shape index (κ1) is 11.9. The molecule has 0 radical (unpaired) electrons. The maximum absolute atomic E-state index is 12.0. The van der Waals surface area contributed by atoms with E-state index in [1.165, 1.54) is 10.6 Å². The minimum absolute atomic E-state index is 0.163. The van der Waals surface area contributed by atoms with Crippen LogP contribution in [0.2, 0.25) is 0 Å². The van der Waals surface area contributed by atoms with E-state index in [1.807, 2.05) is 6.07 Å². The Morgan fingerprint density at radius 1 is 1.50 bits per heavy atom. The quantitative estimate of drug-likeness (QED) is 0.337. The zero-order chi connectivity index (χ0) is 13.1. The number of hydrogen-bond acceptors (Lipinski definition) is 4. The van der Waals surface area contributed by atoms with E-state index in [0.717, 1.165) is 5.69 Å². The molecule has 7 nitrogen and oxygen atoms in total. The van der Waals surface area contributed by atoms with Crippen LogP contribution in [0.25, 0.3) is 0 Å². The molecule has 0 aliphatic heterocycles. The molecule has 18 heavy (non-hydrogen) atoms. The van der Waals surface area contributed by atoms with E-state index in [-0.39, 0.29) is 17.0 Å². The second-order valence-corrected chi connectivity index (χ2v) is 3.82. The van der Waals surface area contributed by atoms with E-state index in [0.29, 0.717) is 6.54 Å². The third-order valence-corrected chi connectivity index (χ3v) is 2.51. The molecule has 0 spiro atoms. The highest BCUT2D eigenvalue weighted by atomic mass is 16.4. The minimum atomic E-state index is -0.321. The molecule has 94 valence electrons. The Morgan fingerprint density at radius 3 is 2.89 bits per heavy atom.